The number of carboxylic acids is 1. The lowest BCUT2D eigenvalue weighted by atomic mass is 9.90. The van der Waals surface area contributed by atoms with Crippen LogP contribution in [0.25, 0.3) is 0 Å². The number of pyridine rings is 1. The van der Waals surface area contributed by atoms with Crippen LogP contribution in [0.2, 0.25) is 0 Å². The van der Waals surface area contributed by atoms with Crippen LogP contribution in [0.3, 0.4) is 0 Å². The molecule has 0 atom stereocenters. The lowest BCUT2D eigenvalue weighted by Crippen LogP contribution is -2.34. The monoisotopic (exact) mass is 306 g/mol. The molecule has 0 radical (unpaired) electrons. The second kappa shape index (κ2) is 7.89. The molecule has 0 bridgehead atoms. The maximum atomic E-state index is 11.4. The molecule has 6 nitrogen and oxygen atoms in total. The first-order chi connectivity index (χ1) is 10.6. The summed E-state index contributed by atoms with van der Waals surface area (Å²) in [5.74, 6) is -0.729. The molecule has 0 saturated carbocycles. The fraction of sp³-hybridized carbons (Fsp3) is 0.562. The number of carbonyl (C=O) groups excluding carboxylic acids is 1. The predicted octanol–water partition coefficient (Wildman–Crippen LogP) is 1.91. The number of nitrogens with zero attached hydrogens (tertiary/aromatic N) is 2. The van der Waals surface area contributed by atoms with Gasteiger partial charge in [-0.15, -0.1) is 0 Å². The second-order valence-corrected chi connectivity index (χ2v) is 5.45. The number of carbonyl (C=O) groups is 2. The molecule has 0 amide bonds. The van der Waals surface area contributed by atoms with Crippen LogP contribution in [0.15, 0.2) is 18.3 Å². The van der Waals surface area contributed by atoms with Crippen molar-refractivity contribution in [3.63, 3.8) is 0 Å². The first-order valence-electron chi connectivity index (χ1n) is 7.67. The van der Waals surface area contributed by atoms with Crippen molar-refractivity contribution in [2.75, 3.05) is 26.2 Å². The number of hydrogen-bond donors (Lipinski definition) is 1. The van der Waals surface area contributed by atoms with E-state index in [4.69, 9.17) is 9.84 Å². The summed E-state index contributed by atoms with van der Waals surface area (Å²) in [4.78, 5) is 28.4. The zero-order valence-electron chi connectivity index (χ0n) is 12.8. The minimum Gasteiger partial charge on any atom is -0.477 e. The molecule has 1 saturated heterocycles. The smallest absolute Gasteiger partial charge is 0.354 e. The van der Waals surface area contributed by atoms with Gasteiger partial charge in [0, 0.05) is 12.7 Å². The van der Waals surface area contributed by atoms with Crippen molar-refractivity contribution >= 4 is 11.9 Å². The molecule has 1 aliphatic rings. The van der Waals surface area contributed by atoms with Gasteiger partial charge in [0.2, 0.25) is 0 Å². The van der Waals surface area contributed by atoms with Gasteiger partial charge in [0.15, 0.2) is 0 Å². The van der Waals surface area contributed by atoms with E-state index >= 15 is 0 Å². The number of hydrogen-bond acceptors (Lipinski definition) is 5. The summed E-state index contributed by atoms with van der Waals surface area (Å²) in [6, 6.07) is 3.42. The molecule has 1 fully saturated rings. The number of piperidine rings is 1. The highest BCUT2D eigenvalue weighted by molar-refractivity contribution is 5.85. The Balaban J connectivity index is 1.79. The van der Waals surface area contributed by atoms with E-state index in [1.165, 1.54) is 0 Å². The van der Waals surface area contributed by atoms with Gasteiger partial charge in [-0.25, -0.2) is 9.78 Å². The molecule has 1 aromatic heterocycles. The molecule has 0 aromatic carbocycles. The molecule has 6 heteroatoms. The average Bonchev–Trinajstić information content (AvgIpc) is 2.54. The molecule has 22 heavy (non-hydrogen) atoms. The first kappa shape index (κ1) is 16.4. The number of esters is 1. The third kappa shape index (κ3) is 4.53. The van der Waals surface area contributed by atoms with E-state index in [1.807, 2.05) is 13.0 Å². The minimum atomic E-state index is -1.000. The van der Waals surface area contributed by atoms with Crippen molar-refractivity contribution in [3.8, 4) is 0 Å². The maximum absolute atomic E-state index is 11.4. The van der Waals surface area contributed by atoms with E-state index in [9.17, 15) is 9.59 Å². The Morgan fingerprint density at radius 1 is 1.36 bits per heavy atom. The lowest BCUT2D eigenvalue weighted by Gasteiger charge is -2.31. The van der Waals surface area contributed by atoms with Crippen LogP contribution in [0.4, 0.5) is 0 Å². The highest BCUT2D eigenvalue weighted by Gasteiger charge is 2.21. The van der Waals surface area contributed by atoms with Gasteiger partial charge in [0.05, 0.1) is 13.0 Å². The Hall–Kier alpha value is -1.95. The molecule has 1 aliphatic heterocycles. The van der Waals surface area contributed by atoms with Gasteiger partial charge >= 0.3 is 11.9 Å². The Bertz CT molecular complexity index is 507. The van der Waals surface area contributed by atoms with Crippen molar-refractivity contribution in [1.29, 1.82) is 0 Å². The van der Waals surface area contributed by atoms with Gasteiger partial charge in [-0.3, -0.25) is 4.79 Å². The molecular formula is C16H22N2O4. The highest BCUT2D eigenvalue weighted by atomic mass is 16.5. The molecular weight excluding hydrogens is 284 g/mol. The topological polar surface area (TPSA) is 79.7 Å². The van der Waals surface area contributed by atoms with E-state index in [2.05, 4.69) is 9.88 Å². The van der Waals surface area contributed by atoms with Crippen molar-refractivity contribution in [3.05, 3.63) is 29.6 Å². The summed E-state index contributed by atoms with van der Waals surface area (Å²) in [6.07, 6.45) is 4.10. The average molecular weight is 306 g/mol. The zero-order chi connectivity index (χ0) is 15.9. The SMILES string of the molecule is CCOC(=O)CCN1CCC(c2ccc(C(=O)O)nc2)CC1. The van der Waals surface area contributed by atoms with Gasteiger partial charge in [-0.1, -0.05) is 6.07 Å². The molecule has 2 heterocycles. The Morgan fingerprint density at radius 2 is 2.09 bits per heavy atom. The Labute approximate surface area is 130 Å². The number of ether oxygens (including phenoxy) is 1. The summed E-state index contributed by atoms with van der Waals surface area (Å²) in [5, 5.41) is 8.86. The van der Waals surface area contributed by atoms with Gasteiger partial charge < -0.3 is 14.7 Å². The fourth-order valence-electron chi connectivity index (χ4n) is 2.75. The van der Waals surface area contributed by atoms with Gasteiger partial charge in [-0.05, 0) is 50.4 Å². The zero-order valence-corrected chi connectivity index (χ0v) is 12.8. The van der Waals surface area contributed by atoms with Crippen molar-refractivity contribution in [1.82, 2.24) is 9.88 Å². The molecule has 2 rings (SSSR count). The Kier molecular flexibility index (Phi) is 5.89. The molecule has 0 aliphatic carbocycles. The molecule has 1 N–H and O–H groups in total. The number of carboxylic acid groups (broad SMARTS) is 1. The largest absolute Gasteiger partial charge is 0.477 e. The summed E-state index contributed by atoms with van der Waals surface area (Å²) in [6.45, 7) is 4.85. The van der Waals surface area contributed by atoms with Crippen LogP contribution in [-0.2, 0) is 9.53 Å². The van der Waals surface area contributed by atoms with E-state index in [1.54, 1.807) is 12.3 Å². The van der Waals surface area contributed by atoms with Crippen LogP contribution in [-0.4, -0.2) is 53.2 Å². The third-order valence-corrected chi connectivity index (χ3v) is 4.00. The molecule has 0 spiro atoms. The van der Waals surface area contributed by atoms with Crippen molar-refractivity contribution < 1.29 is 19.4 Å². The minimum absolute atomic E-state index is 0.0793. The number of aromatic carboxylic acids is 1. The van der Waals surface area contributed by atoms with Gasteiger partial charge in [0.25, 0.3) is 0 Å². The van der Waals surface area contributed by atoms with E-state index in [-0.39, 0.29) is 11.7 Å². The van der Waals surface area contributed by atoms with E-state index in [0.717, 1.165) is 38.0 Å². The standard InChI is InChI=1S/C16H22N2O4/c1-2-22-15(19)7-10-18-8-5-12(6-9-18)13-3-4-14(16(20)21)17-11-13/h3-4,11-12H,2,5-10H2,1H3,(H,20,21). The number of rotatable bonds is 6. The fourth-order valence-corrected chi connectivity index (χ4v) is 2.75. The summed E-state index contributed by atoms with van der Waals surface area (Å²) in [5.41, 5.74) is 1.17. The predicted molar refractivity (Wildman–Crippen MR) is 80.9 cm³/mol. The summed E-state index contributed by atoms with van der Waals surface area (Å²) < 4.78 is 4.93. The van der Waals surface area contributed by atoms with Crippen LogP contribution < -0.4 is 0 Å². The van der Waals surface area contributed by atoms with E-state index < -0.39 is 5.97 Å². The van der Waals surface area contributed by atoms with Crippen LogP contribution in [0, 0.1) is 0 Å². The Morgan fingerprint density at radius 3 is 2.64 bits per heavy atom. The van der Waals surface area contributed by atoms with Gasteiger partial charge in [0.1, 0.15) is 5.69 Å². The highest BCUT2D eigenvalue weighted by Crippen LogP contribution is 2.27. The second-order valence-electron chi connectivity index (χ2n) is 5.45. The number of likely N-dealkylation sites (tertiary alicyclic amines) is 1. The van der Waals surface area contributed by atoms with Crippen LogP contribution in [0.1, 0.15) is 48.2 Å². The first-order valence-corrected chi connectivity index (χ1v) is 7.67. The summed E-state index contributed by atoms with van der Waals surface area (Å²) >= 11 is 0. The van der Waals surface area contributed by atoms with Crippen LogP contribution >= 0.6 is 0 Å². The van der Waals surface area contributed by atoms with E-state index in [0.29, 0.717) is 18.9 Å². The van der Waals surface area contributed by atoms with Crippen molar-refractivity contribution in [2.45, 2.75) is 32.1 Å². The maximum Gasteiger partial charge on any atom is 0.354 e. The normalized spacial score (nSPS) is 16.4. The van der Waals surface area contributed by atoms with Crippen LogP contribution in [0.5, 0.6) is 0 Å². The lowest BCUT2D eigenvalue weighted by molar-refractivity contribution is -0.143. The van der Waals surface area contributed by atoms with Gasteiger partial charge in [-0.2, -0.15) is 0 Å². The summed E-state index contributed by atoms with van der Waals surface area (Å²) in [7, 11) is 0. The quantitative estimate of drug-likeness (QED) is 0.809. The molecule has 0 unspecified atom stereocenters. The van der Waals surface area contributed by atoms with Crippen molar-refractivity contribution in [2.24, 2.45) is 0 Å². The molecule has 120 valence electrons. The molecule has 1 aromatic rings. The third-order valence-electron chi connectivity index (χ3n) is 4.00. The number of aromatic nitrogens is 1.